The van der Waals surface area contributed by atoms with Crippen LogP contribution in [0.3, 0.4) is 0 Å². The standard InChI is InChI=1S/C14H21N3O/c1-14(2,3)13(9-17-6-5-15-11-17)16-8-12-4-7-18-10-12/h4-7,10-11,13,16H,8-9H2,1-3H3. The number of hydrogen-bond donors (Lipinski definition) is 1. The van der Waals surface area contributed by atoms with Crippen LogP contribution in [0, 0.1) is 5.41 Å². The second-order valence-corrected chi connectivity index (χ2v) is 5.69. The molecular weight excluding hydrogens is 226 g/mol. The first kappa shape index (κ1) is 12.9. The lowest BCUT2D eigenvalue weighted by Gasteiger charge is -2.32. The van der Waals surface area contributed by atoms with Gasteiger partial charge >= 0.3 is 0 Å². The molecule has 0 saturated carbocycles. The van der Waals surface area contributed by atoms with Gasteiger partial charge in [0, 0.05) is 37.1 Å². The maximum Gasteiger partial charge on any atom is 0.0947 e. The average molecular weight is 247 g/mol. The summed E-state index contributed by atoms with van der Waals surface area (Å²) < 4.78 is 7.19. The van der Waals surface area contributed by atoms with Crippen molar-refractivity contribution in [3.8, 4) is 0 Å². The van der Waals surface area contributed by atoms with E-state index in [0.29, 0.717) is 6.04 Å². The molecule has 2 rings (SSSR count). The summed E-state index contributed by atoms with van der Waals surface area (Å²) in [5, 5.41) is 3.59. The molecule has 0 saturated heterocycles. The fourth-order valence-corrected chi connectivity index (χ4v) is 1.88. The van der Waals surface area contributed by atoms with Crippen LogP contribution in [0.15, 0.2) is 41.7 Å². The van der Waals surface area contributed by atoms with Crippen LogP contribution in [-0.4, -0.2) is 15.6 Å². The average Bonchev–Trinajstić information content (AvgIpc) is 2.95. The Morgan fingerprint density at radius 3 is 2.83 bits per heavy atom. The summed E-state index contributed by atoms with van der Waals surface area (Å²) in [5.74, 6) is 0. The molecule has 0 aromatic carbocycles. The lowest BCUT2D eigenvalue weighted by molar-refractivity contribution is 0.240. The third-order valence-corrected chi connectivity index (χ3v) is 3.13. The van der Waals surface area contributed by atoms with Gasteiger partial charge in [0.25, 0.3) is 0 Å². The first-order valence-electron chi connectivity index (χ1n) is 6.26. The molecule has 2 aromatic rings. The van der Waals surface area contributed by atoms with Crippen molar-refractivity contribution in [3.05, 3.63) is 42.9 Å². The van der Waals surface area contributed by atoms with Gasteiger partial charge in [-0.3, -0.25) is 0 Å². The number of hydrogen-bond acceptors (Lipinski definition) is 3. The van der Waals surface area contributed by atoms with Crippen LogP contribution in [0.2, 0.25) is 0 Å². The highest BCUT2D eigenvalue weighted by molar-refractivity contribution is 5.05. The van der Waals surface area contributed by atoms with Crippen molar-refractivity contribution in [2.24, 2.45) is 5.41 Å². The largest absolute Gasteiger partial charge is 0.472 e. The lowest BCUT2D eigenvalue weighted by atomic mass is 9.86. The Labute approximate surface area is 108 Å². The topological polar surface area (TPSA) is 43.0 Å². The highest BCUT2D eigenvalue weighted by Crippen LogP contribution is 2.21. The van der Waals surface area contributed by atoms with Gasteiger partial charge in [-0.25, -0.2) is 4.98 Å². The molecule has 1 atom stereocenters. The summed E-state index contributed by atoms with van der Waals surface area (Å²) in [6, 6.07) is 2.37. The molecule has 2 heterocycles. The van der Waals surface area contributed by atoms with E-state index in [1.54, 1.807) is 12.5 Å². The molecule has 1 unspecified atom stereocenters. The van der Waals surface area contributed by atoms with Gasteiger partial charge < -0.3 is 14.3 Å². The van der Waals surface area contributed by atoms with Crippen molar-refractivity contribution in [2.45, 2.75) is 39.9 Å². The van der Waals surface area contributed by atoms with Gasteiger partial charge in [0.05, 0.1) is 18.9 Å². The van der Waals surface area contributed by atoms with Crippen LogP contribution in [0.1, 0.15) is 26.3 Å². The molecule has 0 bridgehead atoms. The molecule has 0 spiro atoms. The van der Waals surface area contributed by atoms with E-state index in [0.717, 1.165) is 13.1 Å². The Bertz CT molecular complexity index is 440. The Morgan fingerprint density at radius 2 is 2.28 bits per heavy atom. The predicted octanol–water partition coefficient (Wildman–Crippen LogP) is 2.68. The SMILES string of the molecule is CC(C)(C)C(Cn1ccnc1)NCc1ccoc1. The van der Waals surface area contributed by atoms with E-state index in [1.807, 2.05) is 24.8 Å². The number of nitrogens with zero attached hydrogens (tertiary/aromatic N) is 2. The molecule has 0 fully saturated rings. The first-order chi connectivity index (χ1) is 8.55. The molecule has 18 heavy (non-hydrogen) atoms. The minimum atomic E-state index is 0.188. The molecule has 4 nitrogen and oxygen atoms in total. The highest BCUT2D eigenvalue weighted by Gasteiger charge is 2.24. The van der Waals surface area contributed by atoms with Crippen molar-refractivity contribution in [2.75, 3.05) is 0 Å². The molecule has 2 aromatic heterocycles. The summed E-state index contributed by atoms with van der Waals surface area (Å²) in [5.41, 5.74) is 1.36. The molecule has 0 radical (unpaired) electrons. The monoisotopic (exact) mass is 247 g/mol. The van der Waals surface area contributed by atoms with E-state index in [1.165, 1.54) is 5.56 Å². The summed E-state index contributed by atoms with van der Waals surface area (Å²) in [6.45, 7) is 8.49. The van der Waals surface area contributed by atoms with Crippen LogP contribution < -0.4 is 5.32 Å². The minimum absolute atomic E-state index is 0.188. The van der Waals surface area contributed by atoms with Crippen LogP contribution in [0.4, 0.5) is 0 Å². The second-order valence-electron chi connectivity index (χ2n) is 5.69. The number of furan rings is 1. The van der Waals surface area contributed by atoms with E-state index in [4.69, 9.17) is 4.42 Å². The fraction of sp³-hybridized carbons (Fsp3) is 0.500. The number of imidazole rings is 1. The molecule has 4 heteroatoms. The predicted molar refractivity (Wildman–Crippen MR) is 71.0 cm³/mol. The molecule has 0 aliphatic carbocycles. The Kier molecular flexibility index (Phi) is 3.87. The van der Waals surface area contributed by atoms with Crippen molar-refractivity contribution in [3.63, 3.8) is 0 Å². The minimum Gasteiger partial charge on any atom is -0.472 e. The molecule has 0 aliphatic rings. The molecule has 0 aliphatic heterocycles. The van der Waals surface area contributed by atoms with Crippen LogP contribution in [-0.2, 0) is 13.1 Å². The number of nitrogens with one attached hydrogen (secondary N) is 1. The smallest absolute Gasteiger partial charge is 0.0947 e. The summed E-state index contributed by atoms with van der Waals surface area (Å²) in [4.78, 5) is 4.09. The second kappa shape index (κ2) is 5.40. The van der Waals surface area contributed by atoms with E-state index in [-0.39, 0.29) is 5.41 Å². The van der Waals surface area contributed by atoms with Gasteiger partial charge in [0.15, 0.2) is 0 Å². The van der Waals surface area contributed by atoms with E-state index in [2.05, 4.69) is 35.6 Å². The zero-order valence-electron chi connectivity index (χ0n) is 11.3. The Morgan fingerprint density at radius 1 is 1.44 bits per heavy atom. The first-order valence-corrected chi connectivity index (χ1v) is 6.26. The van der Waals surface area contributed by atoms with Crippen LogP contribution in [0.25, 0.3) is 0 Å². The van der Waals surface area contributed by atoms with Gasteiger partial charge in [-0.15, -0.1) is 0 Å². The van der Waals surface area contributed by atoms with Gasteiger partial charge in [-0.05, 0) is 11.5 Å². The maximum absolute atomic E-state index is 5.08. The van der Waals surface area contributed by atoms with Gasteiger partial charge in [-0.1, -0.05) is 20.8 Å². The van der Waals surface area contributed by atoms with E-state index < -0.39 is 0 Å². The fourth-order valence-electron chi connectivity index (χ4n) is 1.88. The van der Waals surface area contributed by atoms with Crippen LogP contribution >= 0.6 is 0 Å². The van der Waals surface area contributed by atoms with Gasteiger partial charge in [-0.2, -0.15) is 0 Å². The third-order valence-electron chi connectivity index (χ3n) is 3.13. The molecule has 1 N–H and O–H groups in total. The number of rotatable bonds is 5. The highest BCUT2D eigenvalue weighted by atomic mass is 16.3. The van der Waals surface area contributed by atoms with Crippen molar-refractivity contribution < 1.29 is 4.42 Å². The third kappa shape index (κ3) is 3.47. The van der Waals surface area contributed by atoms with Crippen molar-refractivity contribution >= 4 is 0 Å². The number of aromatic nitrogens is 2. The normalized spacial score (nSPS) is 13.7. The summed E-state index contributed by atoms with van der Waals surface area (Å²) in [7, 11) is 0. The molecule has 98 valence electrons. The quantitative estimate of drug-likeness (QED) is 0.883. The molecule has 0 amide bonds. The maximum atomic E-state index is 5.08. The molecular formula is C14H21N3O. The summed E-state index contributed by atoms with van der Waals surface area (Å²) >= 11 is 0. The zero-order chi connectivity index (χ0) is 13.0. The summed E-state index contributed by atoms with van der Waals surface area (Å²) in [6.07, 6.45) is 9.16. The van der Waals surface area contributed by atoms with Gasteiger partial charge in [0.2, 0.25) is 0 Å². The van der Waals surface area contributed by atoms with Crippen molar-refractivity contribution in [1.82, 2.24) is 14.9 Å². The van der Waals surface area contributed by atoms with Crippen LogP contribution in [0.5, 0.6) is 0 Å². The lowest BCUT2D eigenvalue weighted by Crippen LogP contribution is -2.42. The van der Waals surface area contributed by atoms with Gasteiger partial charge in [0.1, 0.15) is 0 Å². The van der Waals surface area contributed by atoms with E-state index >= 15 is 0 Å². The van der Waals surface area contributed by atoms with E-state index in [9.17, 15) is 0 Å². The van der Waals surface area contributed by atoms with Crippen molar-refractivity contribution in [1.29, 1.82) is 0 Å². The Balaban J connectivity index is 1.97. The Hall–Kier alpha value is -1.55. The zero-order valence-corrected chi connectivity index (χ0v) is 11.3.